The van der Waals surface area contributed by atoms with E-state index in [1.54, 1.807) is 25.3 Å². The molecule has 7 nitrogen and oxygen atoms in total. The summed E-state index contributed by atoms with van der Waals surface area (Å²) in [6.45, 7) is 0. The lowest BCUT2D eigenvalue weighted by Crippen LogP contribution is -2.13. The molecule has 0 aliphatic heterocycles. The van der Waals surface area contributed by atoms with E-state index in [-0.39, 0.29) is 5.91 Å². The lowest BCUT2D eigenvalue weighted by Gasteiger charge is -2.10. The Morgan fingerprint density at radius 2 is 2.28 bits per heavy atom. The van der Waals surface area contributed by atoms with E-state index in [0.717, 1.165) is 28.6 Å². The highest BCUT2D eigenvalue weighted by Gasteiger charge is 2.30. The second kappa shape index (κ2) is 6.61. The molecular weight excluding hydrogens is 362 g/mol. The van der Waals surface area contributed by atoms with Crippen molar-refractivity contribution in [3.63, 3.8) is 0 Å². The quantitative estimate of drug-likeness (QED) is 0.712. The van der Waals surface area contributed by atoms with Gasteiger partial charge in [0.15, 0.2) is 5.82 Å². The van der Waals surface area contributed by atoms with E-state index in [1.807, 2.05) is 4.52 Å². The highest BCUT2D eigenvalue weighted by Crippen LogP contribution is 2.39. The van der Waals surface area contributed by atoms with E-state index in [4.69, 9.17) is 16.3 Å². The zero-order chi connectivity index (χ0) is 17.4. The number of aromatic nitrogens is 4. The highest BCUT2D eigenvalue weighted by atomic mass is 35.5. The number of anilines is 1. The van der Waals surface area contributed by atoms with E-state index in [2.05, 4.69) is 20.6 Å². The van der Waals surface area contributed by atoms with Gasteiger partial charge in [-0.2, -0.15) is 9.61 Å². The first kappa shape index (κ1) is 16.3. The van der Waals surface area contributed by atoms with Crippen molar-refractivity contribution in [1.82, 2.24) is 19.8 Å². The minimum atomic E-state index is -0.117. The summed E-state index contributed by atoms with van der Waals surface area (Å²) in [4.78, 5) is 13.0. The molecule has 130 valence electrons. The number of benzene rings is 1. The van der Waals surface area contributed by atoms with Gasteiger partial charge in [-0.1, -0.05) is 22.9 Å². The number of nitrogens with zero attached hydrogens (tertiary/aromatic N) is 4. The van der Waals surface area contributed by atoms with Crippen LogP contribution in [0, 0.1) is 0 Å². The average molecular weight is 378 g/mol. The fourth-order valence-corrected chi connectivity index (χ4v) is 3.59. The molecule has 1 amide bonds. The van der Waals surface area contributed by atoms with Crippen LogP contribution in [0.1, 0.15) is 36.0 Å². The predicted octanol–water partition coefficient (Wildman–Crippen LogP) is 3.30. The van der Waals surface area contributed by atoms with Gasteiger partial charge in [-0.15, -0.1) is 10.2 Å². The summed E-state index contributed by atoms with van der Waals surface area (Å²) in [7, 11) is 1.55. The topological polar surface area (TPSA) is 81.4 Å². The Morgan fingerprint density at radius 1 is 1.44 bits per heavy atom. The number of amides is 1. The van der Waals surface area contributed by atoms with E-state index >= 15 is 0 Å². The zero-order valence-electron chi connectivity index (χ0n) is 13.5. The van der Waals surface area contributed by atoms with E-state index < -0.39 is 0 Å². The second-order valence-electron chi connectivity index (χ2n) is 5.92. The Morgan fingerprint density at radius 3 is 3.04 bits per heavy atom. The van der Waals surface area contributed by atoms with Gasteiger partial charge in [-0.3, -0.25) is 4.79 Å². The molecule has 1 N–H and O–H groups in total. The minimum Gasteiger partial charge on any atom is -0.495 e. The van der Waals surface area contributed by atoms with Crippen LogP contribution in [0.5, 0.6) is 5.75 Å². The minimum absolute atomic E-state index is 0.117. The van der Waals surface area contributed by atoms with Crippen molar-refractivity contribution >= 4 is 39.5 Å². The maximum Gasteiger partial charge on any atom is 0.234 e. The van der Waals surface area contributed by atoms with Gasteiger partial charge >= 0.3 is 0 Å². The van der Waals surface area contributed by atoms with Crippen molar-refractivity contribution in [3.05, 3.63) is 34.1 Å². The Kier molecular flexibility index (Phi) is 4.30. The average Bonchev–Trinajstić information content (AvgIpc) is 3.23. The molecule has 0 spiro atoms. The number of nitrogens with one attached hydrogen (secondary N) is 1. The number of methoxy groups -OCH3 is 1. The SMILES string of the molecule is COc1ccc(Cl)cc1NC(=O)CCc1nn2c(C3CC3)nnc2s1. The van der Waals surface area contributed by atoms with Crippen LogP contribution in [0.4, 0.5) is 5.69 Å². The number of carbonyl (C=O) groups is 1. The van der Waals surface area contributed by atoms with Crippen molar-refractivity contribution in [2.75, 3.05) is 12.4 Å². The molecule has 3 aromatic rings. The van der Waals surface area contributed by atoms with E-state index in [0.29, 0.717) is 35.2 Å². The van der Waals surface area contributed by atoms with Gasteiger partial charge < -0.3 is 10.1 Å². The van der Waals surface area contributed by atoms with Crippen molar-refractivity contribution in [2.45, 2.75) is 31.6 Å². The van der Waals surface area contributed by atoms with Crippen molar-refractivity contribution in [1.29, 1.82) is 0 Å². The van der Waals surface area contributed by atoms with E-state index in [9.17, 15) is 4.79 Å². The summed E-state index contributed by atoms with van der Waals surface area (Å²) in [6.07, 6.45) is 3.17. The third-order valence-corrected chi connectivity index (χ3v) is 5.19. The maximum absolute atomic E-state index is 12.2. The van der Waals surface area contributed by atoms with Gasteiger partial charge in [-0.05, 0) is 31.0 Å². The van der Waals surface area contributed by atoms with Gasteiger partial charge in [0.2, 0.25) is 10.9 Å². The Labute approximate surface area is 153 Å². The van der Waals surface area contributed by atoms with Crippen LogP contribution in [0.15, 0.2) is 18.2 Å². The van der Waals surface area contributed by atoms with Gasteiger partial charge in [0.1, 0.15) is 10.8 Å². The lowest BCUT2D eigenvalue weighted by molar-refractivity contribution is -0.116. The molecular formula is C16H16ClN5O2S. The molecule has 25 heavy (non-hydrogen) atoms. The Hall–Kier alpha value is -2.19. The number of rotatable bonds is 6. The number of hydrogen-bond acceptors (Lipinski definition) is 6. The van der Waals surface area contributed by atoms with Gasteiger partial charge in [-0.25, -0.2) is 0 Å². The van der Waals surface area contributed by atoms with Crippen molar-refractivity contribution in [2.24, 2.45) is 0 Å². The standard InChI is InChI=1S/C16H16ClN5O2S/c1-24-12-5-4-10(17)8-11(12)18-13(23)6-7-14-21-22-15(9-2-3-9)19-20-16(22)25-14/h4-5,8-9H,2-3,6-7H2,1H3,(H,18,23). The fraction of sp³-hybridized carbons (Fsp3) is 0.375. The van der Waals surface area contributed by atoms with Crippen LogP contribution in [-0.2, 0) is 11.2 Å². The molecule has 4 rings (SSSR count). The molecule has 1 aliphatic carbocycles. The summed E-state index contributed by atoms with van der Waals surface area (Å²) in [5.74, 6) is 1.88. The first-order valence-electron chi connectivity index (χ1n) is 7.98. The normalized spacial score (nSPS) is 14.0. The number of ether oxygens (including phenoxy) is 1. The first-order chi connectivity index (χ1) is 12.1. The lowest BCUT2D eigenvalue weighted by atomic mass is 10.2. The second-order valence-corrected chi connectivity index (χ2v) is 7.39. The number of aryl methyl sites for hydroxylation is 1. The largest absolute Gasteiger partial charge is 0.495 e. The fourth-order valence-electron chi connectivity index (χ4n) is 2.58. The molecule has 0 radical (unpaired) electrons. The smallest absolute Gasteiger partial charge is 0.234 e. The molecule has 2 heterocycles. The van der Waals surface area contributed by atoms with Crippen LogP contribution in [-0.4, -0.2) is 32.8 Å². The molecule has 0 saturated heterocycles. The maximum atomic E-state index is 12.2. The summed E-state index contributed by atoms with van der Waals surface area (Å²) in [5.41, 5.74) is 0.564. The summed E-state index contributed by atoms with van der Waals surface area (Å²) in [6, 6.07) is 5.11. The third-order valence-electron chi connectivity index (χ3n) is 4.00. The van der Waals surface area contributed by atoms with E-state index in [1.165, 1.54) is 11.3 Å². The van der Waals surface area contributed by atoms with Crippen molar-refractivity contribution < 1.29 is 9.53 Å². The van der Waals surface area contributed by atoms with Gasteiger partial charge in [0, 0.05) is 23.8 Å². The predicted molar refractivity (Wildman–Crippen MR) is 95.6 cm³/mol. The summed E-state index contributed by atoms with van der Waals surface area (Å²) in [5, 5.41) is 17.1. The molecule has 0 bridgehead atoms. The zero-order valence-corrected chi connectivity index (χ0v) is 15.1. The number of halogens is 1. The summed E-state index contributed by atoms with van der Waals surface area (Å²) < 4.78 is 7.05. The molecule has 1 saturated carbocycles. The Bertz CT molecular complexity index is 934. The third kappa shape index (κ3) is 3.45. The Balaban J connectivity index is 1.41. The molecule has 9 heteroatoms. The van der Waals surface area contributed by atoms with Crippen LogP contribution < -0.4 is 10.1 Å². The first-order valence-corrected chi connectivity index (χ1v) is 9.18. The molecule has 1 aromatic carbocycles. The van der Waals surface area contributed by atoms with Crippen LogP contribution in [0.3, 0.4) is 0 Å². The number of carbonyl (C=O) groups excluding carboxylic acids is 1. The molecule has 2 aromatic heterocycles. The molecule has 0 atom stereocenters. The summed E-state index contributed by atoms with van der Waals surface area (Å²) >= 11 is 7.45. The molecule has 1 aliphatic rings. The van der Waals surface area contributed by atoms with Crippen LogP contribution in [0.2, 0.25) is 5.02 Å². The van der Waals surface area contributed by atoms with Gasteiger partial charge in [0.25, 0.3) is 0 Å². The number of hydrogen-bond donors (Lipinski definition) is 1. The van der Waals surface area contributed by atoms with Gasteiger partial charge in [0.05, 0.1) is 12.8 Å². The molecule has 1 fully saturated rings. The van der Waals surface area contributed by atoms with Crippen LogP contribution in [0.25, 0.3) is 4.96 Å². The molecule has 0 unspecified atom stereocenters. The van der Waals surface area contributed by atoms with Crippen molar-refractivity contribution in [3.8, 4) is 5.75 Å². The highest BCUT2D eigenvalue weighted by molar-refractivity contribution is 7.16. The number of fused-ring (bicyclic) bond motifs is 1. The van der Waals surface area contributed by atoms with Crippen LogP contribution >= 0.6 is 22.9 Å². The monoisotopic (exact) mass is 377 g/mol.